The van der Waals surface area contributed by atoms with Gasteiger partial charge in [0.15, 0.2) is 6.61 Å². The molecule has 0 saturated heterocycles. The molecule has 0 heterocycles. The minimum atomic E-state index is -0.332. The van der Waals surface area contributed by atoms with Crippen LogP contribution in [0.4, 0.5) is 5.69 Å². The second-order valence-electron chi connectivity index (χ2n) is 4.22. The molecule has 2 rings (SSSR count). The van der Waals surface area contributed by atoms with E-state index in [4.69, 9.17) is 27.9 Å². The molecule has 2 aromatic rings. The first-order chi connectivity index (χ1) is 10.1. The smallest absolute Gasteiger partial charge is 0.262 e. The van der Waals surface area contributed by atoms with Gasteiger partial charge < -0.3 is 15.2 Å². The molecule has 0 aliphatic heterocycles. The minimum Gasteiger partial charge on any atom is -0.483 e. The van der Waals surface area contributed by atoms with Gasteiger partial charge in [-0.1, -0.05) is 35.3 Å². The van der Waals surface area contributed by atoms with E-state index in [2.05, 4.69) is 5.32 Å². The largest absolute Gasteiger partial charge is 0.483 e. The Kier molecular flexibility index (Phi) is 5.44. The summed E-state index contributed by atoms with van der Waals surface area (Å²) in [5.41, 5.74) is 1.04. The topological polar surface area (TPSA) is 58.6 Å². The van der Waals surface area contributed by atoms with E-state index < -0.39 is 0 Å². The van der Waals surface area contributed by atoms with E-state index >= 15 is 0 Å². The summed E-state index contributed by atoms with van der Waals surface area (Å²) in [6.45, 7) is -0.454. The summed E-state index contributed by atoms with van der Waals surface area (Å²) in [4.78, 5) is 11.8. The quantitative estimate of drug-likeness (QED) is 0.884. The van der Waals surface area contributed by atoms with Gasteiger partial charge in [-0.3, -0.25) is 4.79 Å². The van der Waals surface area contributed by atoms with Gasteiger partial charge in [0, 0.05) is 21.3 Å². The molecule has 1 amide bonds. The standard InChI is InChI=1S/C15H13Cl2NO3/c16-10-3-1-4-11(7-10)18-15(20)9-21-14-6-2-5-13(17)12(14)8-19/h1-7,19H,8-9H2,(H,18,20). The number of amides is 1. The first-order valence-electron chi connectivity index (χ1n) is 6.16. The Balaban J connectivity index is 1.97. The highest BCUT2D eigenvalue weighted by molar-refractivity contribution is 6.31. The maximum atomic E-state index is 11.8. The third-order valence-corrected chi connectivity index (χ3v) is 3.29. The summed E-state index contributed by atoms with van der Waals surface area (Å²) in [6, 6.07) is 11.8. The van der Waals surface area contributed by atoms with Crippen molar-refractivity contribution in [3.8, 4) is 5.75 Å². The lowest BCUT2D eigenvalue weighted by atomic mass is 10.2. The summed E-state index contributed by atoms with van der Waals surface area (Å²) < 4.78 is 5.38. The zero-order chi connectivity index (χ0) is 15.2. The SMILES string of the molecule is O=C(COc1cccc(Cl)c1CO)Nc1cccc(Cl)c1. The van der Waals surface area contributed by atoms with Crippen LogP contribution in [0.15, 0.2) is 42.5 Å². The Hall–Kier alpha value is -1.75. The number of anilines is 1. The van der Waals surface area contributed by atoms with Crippen molar-refractivity contribution < 1.29 is 14.6 Å². The normalized spacial score (nSPS) is 10.2. The number of aliphatic hydroxyl groups excluding tert-OH is 1. The number of ether oxygens (including phenoxy) is 1. The first kappa shape index (κ1) is 15.6. The molecule has 0 aromatic heterocycles. The molecule has 4 nitrogen and oxygen atoms in total. The predicted octanol–water partition coefficient (Wildman–Crippen LogP) is 3.50. The molecule has 0 spiro atoms. The monoisotopic (exact) mass is 325 g/mol. The number of carbonyl (C=O) groups excluding carboxylic acids is 1. The molecule has 110 valence electrons. The van der Waals surface area contributed by atoms with E-state index in [0.717, 1.165) is 0 Å². The van der Waals surface area contributed by atoms with Crippen molar-refractivity contribution in [2.24, 2.45) is 0 Å². The average molecular weight is 326 g/mol. The maximum Gasteiger partial charge on any atom is 0.262 e. The number of halogens is 2. The number of rotatable bonds is 5. The number of benzene rings is 2. The maximum absolute atomic E-state index is 11.8. The Morgan fingerprint density at radius 1 is 1.19 bits per heavy atom. The summed E-state index contributed by atoms with van der Waals surface area (Å²) >= 11 is 11.8. The highest BCUT2D eigenvalue weighted by Gasteiger charge is 2.09. The van der Waals surface area contributed by atoms with Crippen molar-refractivity contribution >= 4 is 34.8 Å². The fourth-order valence-corrected chi connectivity index (χ4v) is 2.15. The Bertz CT molecular complexity index is 647. The van der Waals surface area contributed by atoms with Crippen LogP contribution >= 0.6 is 23.2 Å². The summed E-state index contributed by atoms with van der Waals surface area (Å²) in [5, 5.41) is 12.8. The van der Waals surface area contributed by atoms with Crippen molar-refractivity contribution in [3.05, 3.63) is 58.1 Å². The lowest BCUT2D eigenvalue weighted by molar-refractivity contribution is -0.118. The molecule has 0 saturated carbocycles. The van der Waals surface area contributed by atoms with E-state index in [1.807, 2.05) is 0 Å². The Morgan fingerprint density at radius 2 is 1.95 bits per heavy atom. The van der Waals surface area contributed by atoms with Crippen molar-refractivity contribution in [3.63, 3.8) is 0 Å². The van der Waals surface area contributed by atoms with Gasteiger partial charge in [0.05, 0.1) is 6.61 Å². The third-order valence-electron chi connectivity index (χ3n) is 2.70. The van der Waals surface area contributed by atoms with Crippen LogP contribution in [0.3, 0.4) is 0 Å². The van der Waals surface area contributed by atoms with Crippen LogP contribution in [-0.4, -0.2) is 17.6 Å². The van der Waals surface area contributed by atoms with Gasteiger partial charge in [-0.25, -0.2) is 0 Å². The van der Waals surface area contributed by atoms with Crippen molar-refractivity contribution in [1.29, 1.82) is 0 Å². The van der Waals surface area contributed by atoms with Crippen LogP contribution in [0.2, 0.25) is 10.0 Å². The summed E-state index contributed by atoms with van der Waals surface area (Å²) in [7, 11) is 0. The molecular weight excluding hydrogens is 313 g/mol. The molecule has 0 radical (unpaired) electrons. The molecule has 6 heteroatoms. The van der Waals surface area contributed by atoms with Crippen LogP contribution in [0.25, 0.3) is 0 Å². The van der Waals surface area contributed by atoms with Crippen LogP contribution < -0.4 is 10.1 Å². The highest BCUT2D eigenvalue weighted by Crippen LogP contribution is 2.26. The van der Waals surface area contributed by atoms with Gasteiger partial charge in [0.25, 0.3) is 5.91 Å². The fraction of sp³-hybridized carbons (Fsp3) is 0.133. The molecule has 21 heavy (non-hydrogen) atoms. The molecule has 0 aliphatic carbocycles. The number of hydrogen-bond donors (Lipinski definition) is 2. The Morgan fingerprint density at radius 3 is 2.67 bits per heavy atom. The fourth-order valence-electron chi connectivity index (χ4n) is 1.73. The van der Waals surface area contributed by atoms with E-state index in [0.29, 0.717) is 27.0 Å². The van der Waals surface area contributed by atoms with Crippen LogP contribution in [-0.2, 0) is 11.4 Å². The number of nitrogens with one attached hydrogen (secondary N) is 1. The third kappa shape index (κ3) is 4.36. The van der Waals surface area contributed by atoms with E-state index in [-0.39, 0.29) is 19.1 Å². The molecule has 0 bridgehead atoms. The van der Waals surface area contributed by atoms with Crippen molar-refractivity contribution in [2.45, 2.75) is 6.61 Å². The molecule has 0 unspecified atom stereocenters. The van der Waals surface area contributed by atoms with Crippen LogP contribution in [0.1, 0.15) is 5.56 Å². The molecule has 2 aromatic carbocycles. The summed E-state index contributed by atoms with van der Waals surface area (Å²) in [6.07, 6.45) is 0. The minimum absolute atomic E-state index is 0.195. The van der Waals surface area contributed by atoms with E-state index in [1.165, 1.54) is 0 Å². The van der Waals surface area contributed by atoms with Gasteiger partial charge in [-0.05, 0) is 30.3 Å². The lowest BCUT2D eigenvalue weighted by Crippen LogP contribution is -2.20. The average Bonchev–Trinajstić information content (AvgIpc) is 2.45. The lowest BCUT2D eigenvalue weighted by Gasteiger charge is -2.11. The zero-order valence-corrected chi connectivity index (χ0v) is 12.5. The molecule has 2 N–H and O–H groups in total. The van der Waals surface area contributed by atoms with Crippen LogP contribution in [0, 0.1) is 0 Å². The van der Waals surface area contributed by atoms with Gasteiger partial charge in [0.1, 0.15) is 5.75 Å². The van der Waals surface area contributed by atoms with E-state index in [1.54, 1.807) is 42.5 Å². The second-order valence-corrected chi connectivity index (χ2v) is 5.07. The predicted molar refractivity (Wildman–Crippen MR) is 83.0 cm³/mol. The van der Waals surface area contributed by atoms with Crippen molar-refractivity contribution in [1.82, 2.24) is 0 Å². The molecular formula is C15H13Cl2NO3. The second kappa shape index (κ2) is 7.31. The highest BCUT2D eigenvalue weighted by atomic mass is 35.5. The van der Waals surface area contributed by atoms with Crippen molar-refractivity contribution in [2.75, 3.05) is 11.9 Å². The Labute approximate surface area is 132 Å². The summed E-state index contributed by atoms with van der Waals surface area (Å²) in [5.74, 6) is 0.0485. The van der Waals surface area contributed by atoms with Crippen LogP contribution in [0.5, 0.6) is 5.75 Å². The molecule has 0 fully saturated rings. The van der Waals surface area contributed by atoms with Gasteiger partial charge >= 0.3 is 0 Å². The molecule has 0 atom stereocenters. The zero-order valence-electron chi connectivity index (χ0n) is 11.0. The first-order valence-corrected chi connectivity index (χ1v) is 6.92. The van der Waals surface area contributed by atoms with Gasteiger partial charge in [-0.15, -0.1) is 0 Å². The van der Waals surface area contributed by atoms with Gasteiger partial charge in [0.2, 0.25) is 0 Å². The van der Waals surface area contributed by atoms with Gasteiger partial charge in [-0.2, -0.15) is 0 Å². The number of aliphatic hydroxyl groups is 1. The van der Waals surface area contributed by atoms with E-state index in [9.17, 15) is 9.90 Å². The molecule has 0 aliphatic rings. The number of hydrogen-bond acceptors (Lipinski definition) is 3. The number of carbonyl (C=O) groups is 1.